The Morgan fingerprint density at radius 2 is 2.20 bits per heavy atom. The van der Waals surface area contributed by atoms with E-state index in [1.807, 2.05) is 11.0 Å². The molecule has 1 heterocycles. The first-order valence-electron chi connectivity index (χ1n) is 4.85. The molecule has 3 nitrogen and oxygen atoms in total. The highest BCUT2D eigenvalue weighted by molar-refractivity contribution is 9.10. The van der Waals surface area contributed by atoms with Crippen molar-refractivity contribution in [3.8, 4) is 5.75 Å². The molecule has 0 N–H and O–H groups in total. The maximum atomic E-state index is 11.9. The van der Waals surface area contributed by atoms with Gasteiger partial charge in [-0.3, -0.25) is 4.79 Å². The van der Waals surface area contributed by atoms with Gasteiger partial charge in [0.15, 0.2) is 0 Å². The van der Waals surface area contributed by atoms with E-state index in [1.54, 1.807) is 19.2 Å². The van der Waals surface area contributed by atoms with Crippen LogP contribution in [0.3, 0.4) is 0 Å². The number of rotatable bonds is 2. The van der Waals surface area contributed by atoms with Crippen LogP contribution in [0.4, 0.5) is 0 Å². The second-order valence-electron chi connectivity index (χ2n) is 3.49. The van der Waals surface area contributed by atoms with E-state index in [2.05, 4.69) is 15.9 Å². The van der Waals surface area contributed by atoms with Crippen molar-refractivity contribution in [2.45, 2.75) is 6.42 Å². The predicted octanol–water partition coefficient (Wildman–Crippen LogP) is 2.30. The van der Waals surface area contributed by atoms with Crippen LogP contribution < -0.4 is 4.74 Å². The molecule has 0 radical (unpaired) electrons. The Balaban J connectivity index is 2.24. The van der Waals surface area contributed by atoms with Crippen molar-refractivity contribution in [2.75, 3.05) is 20.2 Å². The van der Waals surface area contributed by atoms with Crippen molar-refractivity contribution >= 4 is 21.8 Å². The Morgan fingerprint density at radius 3 is 2.67 bits per heavy atom. The molecule has 0 bridgehead atoms. The number of hydrogen-bond donors (Lipinski definition) is 0. The normalized spacial score (nSPS) is 14.7. The summed E-state index contributed by atoms with van der Waals surface area (Å²) in [5, 5.41) is 0. The van der Waals surface area contributed by atoms with Gasteiger partial charge in [-0.05, 0) is 40.5 Å². The van der Waals surface area contributed by atoms with Crippen LogP contribution in [-0.4, -0.2) is 31.0 Å². The van der Waals surface area contributed by atoms with Gasteiger partial charge in [0, 0.05) is 17.6 Å². The number of benzene rings is 1. The quantitative estimate of drug-likeness (QED) is 0.825. The lowest BCUT2D eigenvalue weighted by Crippen LogP contribution is -2.42. The van der Waals surface area contributed by atoms with Crippen molar-refractivity contribution in [3.63, 3.8) is 0 Å². The van der Waals surface area contributed by atoms with Crippen LogP contribution in [0.15, 0.2) is 22.7 Å². The van der Waals surface area contributed by atoms with E-state index >= 15 is 0 Å². The number of ether oxygens (including phenoxy) is 1. The number of nitrogens with zero attached hydrogens (tertiary/aromatic N) is 1. The Kier molecular flexibility index (Phi) is 2.95. The van der Waals surface area contributed by atoms with E-state index in [-0.39, 0.29) is 5.91 Å². The zero-order valence-electron chi connectivity index (χ0n) is 8.50. The topological polar surface area (TPSA) is 29.5 Å². The molecule has 2 rings (SSSR count). The summed E-state index contributed by atoms with van der Waals surface area (Å²) in [4.78, 5) is 13.7. The van der Waals surface area contributed by atoms with Crippen molar-refractivity contribution in [2.24, 2.45) is 0 Å². The van der Waals surface area contributed by atoms with E-state index in [0.717, 1.165) is 29.7 Å². The number of methoxy groups -OCH3 is 1. The molecule has 1 saturated heterocycles. The smallest absolute Gasteiger partial charge is 0.255 e. The lowest BCUT2D eigenvalue weighted by atomic mass is 10.1. The summed E-state index contributed by atoms with van der Waals surface area (Å²) in [5.74, 6) is 0.845. The van der Waals surface area contributed by atoms with Gasteiger partial charge in [0.05, 0.1) is 12.7 Å². The standard InChI is InChI=1S/C11H12BrNO2/c1-15-8-3-4-9(10(12)7-8)11(14)13-5-2-6-13/h3-4,7H,2,5-6H2,1H3. The molecule has 1 fully saturated rings. The van der Waals surface area contributed by atoms with Gasteiger partial charge in [0.1, 0.15) is 5.75 Å². The Bertz CT molecular complexity index is 388. The maximum absolute atomic E-state index is 11.9. The maximum Gasteiger partial charge on any atom is 0.255 e. The third-order valence-corrected chi connectivity index (χ3v) is 3.21. The number of halogens is 1. The van der Waals surface area contributed by atoms with Gasteiger partial charge >= 0.3 is 0 Å². The number of carbonyl (C=O) groups excluding carboxylic acids is 1. The molecule has 0 spiro atoms. The summed E-state index contributed by atoms with van der Waals surface area (Å²) in [7, 11) is 1.61. The molecular formula is C11H12BrNO2. The first kappa shape index (κ1) is 10.5. The van der Waals surface area contributed by atoms with Gasteiger partial charge in [-0.2, -0.15) is 0 Å². The Morgan fingerprint density at radius 1 is 1.47 bits per heavy atom. The molecule has 4 heteroatoms. The minimum Gasteiger partial charge on any atom is -0.497 e. The van der Waals surface area contributed by atoms with E-state index < -0.39 is 0 Å². The van der Waals surface area contributed by atoms with E-state index in [4.69, 9.17) is 4.74 Å². The van der Waals surface area contributed by atoms with Gasteiger partial charge < -0.3 is 9.64 Å². The molecule has 15 heavy (non-hydrogen) atoms. The fraction of sp³-hybridized carbons (Fsp3) is 0.364. The van der Waals surface area contributed by atoms with Crippen LogP contribution in [0, 0.1) is 0 Å². The fourth-order valence-corrected chi connectivity index (χ4v) is 2.01. The molecule has 0 atom stereocenters. The van der Waals surface area contributed by atoms with Gasteiger partial charge in [0.2, 0.25) is 0 Å². The molecule has 0 aliphatic carbocycles. The highest BCUT2D eigenvalue weighted by Gasteiger charge is 2.23. The van der Waals surface area contributed by atoms with Crippen LogP contribution in [0.5, 0.6) is 5.75 Å². The summed E-state index contributed by atoms with van der Waals surface area (Å²) >= 11 is 3.38. The zero-order chi connectivity index (χ0) is 10.8. The van der Waals surface area contributed by atoms with Gasteiger partial charge in [-0.25, -0.2) is 0 Å². The monoisotopic (exact) mass is 269 g/mol. The minimum atomic E-state index is 0.0933. The second-order valence-corrected chi connectivity index (χ2v) is 4.35. The number of likely N-dealkylation sites (tertiary alicyclic amines) is 1. The van der Waals surface area contributed by atoms with Crippen LogP contribution in [0.1, 0.15) is 16.8 Å². The SMILES string of the molecule is COc1ccc(C(=O)N2CCC2)c(Br)c1. The minimum absolute atomic E-state index is 0.0933. The molecule has 80 valence electrons. The van der Waals surface area contributed by atoms with Crippen LogP contribution >= 0.6 is 15.9 Å². The average molecular weight is 270 g/mol. The highest BCUT2D eigenvalue weighted by Crippen LogP contribution is 2.25. The van der Waals surface area contributed by atoms with Crippen molar-refractivity contribution in [3.05, 3.63) is 28.2 Å². The van der Waals surface area contributed by atoms with Crippen LogP contribution in [0.25, 0.3) is 0 Å². The molecule has 1 amide bonds. The lowest BCUT2D eigenvalue weighted by molar-refractivity contribution is 0.0651. The van der Waals surface area contributed by atoms with E-state index in [0.29, 0.717) is 5.56 Å². The molecular weight excluding hydrogens is 258 g/mol. The number of hydrogen-bond acceptors (Lipinski definition) is 2. The summed E-state index contributed by atoms with van der Waals surface area (Å²) < 4.78 is 5.87. The highest BCUT2D eigenvalue weighted by atomic mass is 79.9. The van der Waals surface area contributed by atoms with Crippen LogP contribution in [-0.2, 0) is 0 Å². The predicted molar refractivity (Wildman–Crippen MR) is 61.2 cm³/mol. The van der Waals surface area contributed by atoms with Crippen molar-refractivity contribution in [1.29, 1.82) is 0 Å². The van der Waals surface area contributed by atoms with Crippen molar-refractivity contribution in [1.82, 2.24) is 4.90 Å². The molecule has 0 unspecified atom stereocenters. The number of carbonyl (C=O) groups is 1. The van der Waals surface area contributed by atoms with Gasteiger partial charge in [0.25, 0.3) is 5.91 Å². The van der Waals surface area contributed by atoms with E-state index in [9.17, 15) is 4.79 Å². The Hall–Kier alpha value is -1.03. The summed E-state index contributed by atoms with van der Waals surface area (Å²) in [6.07, 6.45) is 1.11. The first-order chi connectivity index (χ1) is 7.22. The molecule has 0 aromatic heterocycles. The third-order valence-electron chi connectivity index (χ3n) is 2.55. The third kappa shape index (κ3) is 2.00. The van der Waals surface area contributed by atoms with Gasteiger partial charge in [-0.15, -0.1) is 0 Å². The largest absolute Gasteiger partial charge is 0.497 e. The fourth-order valence-electron chi connectivity index (χ4n) is 1.49. The lowest BCUT2D eigenvalue weighted by Gasteiger charge is -2.31. The molecule has 1 aliphatic rings. The summed E-state index contributed by atoms with van der Waals surface area (Å²) in [6.45, 7) is 1.74. The first-order valence-corrected chi connectivity index (χ1v) is 5.64. The van der Waals surface area contributed by atoms with Gasteiger partial charge in [-0.1, -0.05) is 0 Å². The van der Waals surface area contributed by atoms with Crippen molar-refractivity contribution < 1.29 is 9.53 Å². The molecule has 1 aliphatic heterocycles. The second kappa shape index (κ2) is 4.23. The summed E-state index contributed by atoms with van der Waals surface area (Å²) in [5.41, 5.74) is 0.704. The van der Waals surface area contributed by atoms with Crippen LogP contribution in [0.2, 0.25) is 0 Å². The number of amides is 1. The molecule has 0 saturated carbocycles. The Labute approximate surface area is 97.2 Å². The van der Waals surface area contributed by atoms with E-state index in [1.165, 1.54) is 0 Å². The average Bonchev–Trinajstić information content (AvgIpc) is 2.14. The summed E-state index contributed by atoms with van der Waals surface area (Å²) in [6, 6.07) is 5.41. The molecule has 1 aromatic carbocycles. The molecule has 1 aromatic rings. The zero-order valence-corrected chi connectivity index (χ0v) is 10.1.